The Balaban J connectivity index is 2.17. The minimum atomic E-state index is -4.14. The van der Waals surface area contributed by atoms with Crippen molar-refractivity contribution in [2.24, 2.45) is 0 Å². The number of sulfonamides is 1. The fourth-order valence-corrected chi connectivity index (χ4v) is 4.60. The van der Waals surface area contributed by atoms with Crippen molar-refractivity contribution in [3.05, 3.63) is 59.4 Å². The van der Waals surface area contributed by atoms with E-state index in [4.69, 9.17) is 9.15 Å². The third-order valence-electron chi connectivity index (χ3n) is 4.63. The van der Waals surface area contributed by atoms with E-state index < -0.39 is 21.9 Å². The number of ether oxygens (including phenoxy) is 1. The summed E-state index contributed by atoms with van der Waals surface area (Å²) < 4.78 is 37.4. The van der Waals surface area contributed by atoms with E-state index in [0.29, 0.717) is 16.7 Å². The summed E-state index contributed by atoms with van der Waals surface area (Å²) in [6.45, 7) is 4.75. The topological polar surface area (TPSA) is 93.9 Å². The van der Waals surface area contributed by atoms with Crippen LogP contribution in [-0.2, 0) is 26.0 Å². The molecule has 152 valence electrons. The van der Waals surface area contributed by atoms with Gasteiger partial charge in [0.25, 0.3) is 10.0 Å². The van der Waals surface area contributed by atoms with Crippen LogP contribution in [0.1, 0.15) is 35.5 Å². The number of benzene rings is 2. The average molecular weight is 415 g/mol. The summed E-state index contributed by atoms with van der Waals surface area (Å²) in [5, 5.41) is 0.370. The number of amides is 1. The molecule has 3 aromatic rings. The van der Waals surface area contributed by atoms with E-state index in [0.717, 1.165) is 16.3 Å². The third kappa shape index (κ3) is 3.63. The molecule has 0 aliphatic rings. The summed E-state index contributed by atoms with van der Waals surface area (Å²) in [5.41, 5.74) is 1.67. The van der Waals surface area contributed by atoms with Crippen molar-refractivity contribution >= 4 is 38.6 Å². The third-order valence-corrected chi connectivity index (χ3v) is 6.44. The summed E-state index contributed by atoms with van der Waals surface area (Å²) in [4.78, 5) is 24.5. The number of carbonyl (C=O) groups excluding carboxylic acids is 2. The Morgan fingerprint density at radius 3 is 2.31 bits per heavy atom. The Bertz CT molecular complexity index is 1190. The maximum atomic E-state index is 13.2. The van der Waals surface area contributed by atoms with Gasteiger partial charge in [0, 0.05) is 12.3 Å². The molecule has 0 bridgehead atoms. The van der Waals surface area contributed by atoms with Crippen LogP contribution >= 0.6 is 0 Å². The Morgan fingerprint density at radius 1 is 1.10 bits per heavy atom. The molecule has 0 aliphatic carbocycles. The molecule has 0 atom stereocenters. The van der Waals surface area contributed by atoms with Crippen LogP contribution in [0, 0.1) is 6.92 Å². The first-order chi connectivity index (χ1) is 13.7. The van der Waals surface area contributed by atoms with Gasteiger partial charge in [-0.1, -0.05) is 19.1 Å². The molecule has 0 unspecified atom stereocenters. The van der Waals surface area contributed by atoms with Gasteiger partial charge in [-0.25, -0.2) is 17.5 Å². The second-order valence-corrected chi connectivity index (χ2v) is 8.28. The molecule has 0 fully saturated rings. The van der Waals surface area contributed by atoms with Gasteiger partial charge < -0.3 is 9.15 Å². The van der Waals surface area contributed by atoms with Crippen LogP contribution in [0.2, 0.25) is 0 Å². The first-order valence-electron chi connectivity index (χ1n) is 8.97. The number of anilines is 1. The molecular weight excluding hydrogens is 394 g/mol. The molecule has 0 saturated heterocycles. The van der Waals surface area contributed by atoms with E-state index >= 15 is 0 Å². The van der Waals surface area contributed by atoms with E-state index in [9.17, 15) is 18.0 Å². The molecular formula is C21H21NO6S. The van der Waals surface area contributed by atoms with Crippen molar-refractivity contribution < 1.29 is 27.2 Å². The highest BCUT2D eigenvalue weighted by atomic mass is 32.2. The molecule has 2 aromatic carbocycles. The quantitative estimate of drug-likeness (QED) is 0.588. The van der Waals surface area contributed by atoms with Gasteiger partial charge in [-0.2, -0.15) is 0 Å². The zero-order valence-electron chi connectivity index (χ0n) is 16.6. The Hall–Kier alpha value is -3.13. The fraction of sp³-hybridized carbons (Fsp3) is 0.238. The van der Waals surface area contributed by atoms with Crippen molar-refractivity contribution in [3.8, 4) is 0 Å². The molecule has 0 saturated carbocycles. The Labute approximate surface area is 168 Å². The zero-order chi connectivity index (χ0) is 21.3. The van der Waals surface area contributed by atoms with Crippen molar-refractivity contribution in [1.29, 1.82) is 0 Å². The van der Waals surface area contributed by atoms with E-state index in [2.05, 4.69) is 0 Å². The number of esters is 1. The standard InChI is InChI=1S/C21H21NO6S/c1-5-15-6-9-17(10-7-15)29(25,26)22(14(3)23)16-8-11-19-18(12-16)20(13(2)28-19)21(24)27-4/h6-12H,5H2,1-4H3. The van der Waals surface area contributed by atoms with E-state index in [1.54, 1.807) is 19.1 Å². The minimum Gasteiger partial charge on any atom is -0.465 e. The number of furan rings is 1. The maximum Gasteiger partial charge on any atom is 0.342 e. The van der Waals surface area contributed by atoms with Gasteiger partial charge in [0.2, 0.25) is 5.91 Å². The van der Waals surface area contributed by atoms with Gasteiger partial charge in [0.1, 0.15) is 16.9 Å². The highest BCUT2D eigenvalue weighted by molar-refractivity contribution is 7.93. The summed E-state index contributed by atoms with van der Waals surface area (Å²) >= 11 is 0. The number of nitrogens with zero attached hydrogens (tertiary/aromatic N) is 1. The maximum absolute atomic E-state index is 13.2. The average Bonchev–Trinajstić information content (AvgIpc) is 3.02. The van der Waals surface area contributed by atoms with Crippen molar-refractivity contribution in [2.45, 2.75) is 32.1 Å². The molecule has 3 rings (SSSR count). The lowest BCUT2D eigenvalue weighted by Gasteiger charge is -2.21. The highest BCUT2D eigenvalue weighted by Crippen LogP contribution is 2.32. The first-order valence-corrected chi connectivity index (χ1v) is 10.4. The zero-order valence-corrected chi connectivity index (χ0v) is 17.4. The number of hydrogen-bond acceptors (Lipinski definition) is 6. The summed E-state index contributed by atoms with van der Waals surface area (Å²) in [6.07, 6.45) is 0.767. The van der Waals surface area contributed by atoms with Gasteiger partial charge in [-0.15, -0.1) is 0 Å². The number of methoxy groups -OCH3 is 1. The number of hydrogen-bond donors (Lipinski definition) is 0. The molecule has 29 heavy (non-hydrogen) atoms. The number of fused-ring (bicyclic) bond motifs is 1. The van der Waals surface area contributed by atoms with Gasteiger partial charge in [-0.05, 0) is 49.2 Å². The van der Waals surface area contributed by atoms with Crippen LogP contribution < -0.4 is 4.31 Å². The van der Waals surface area contributed by atoms with Gasteiger partial charge in [0.15, 0.2) is 0 Å². The number of aryl methyl sites for hydroxylation is 2. The molecule has 0 aliphatic heterocycles. The lowest BCUT2D eigenvalue weighted by molar-refractivity contribution is -0.115. The summed E-state index contributed by atoms with van der Waals surface area (Å²) in [5.74, 6) is -0.939. The number of carbonyl (C=O) groups is 2. The van der Waals surface area contributed by atoms with E-state index in [-0.39, 0.29) is 16.1 Å². The molecule has 0 spiro atoms. The van der Waals surface area contributed by atoms with Crippen LogP contribution in [0.15, 0.2) is 51.8 Å². The lowest BCUT2D eigenvalue weighted by atomic mass is 10.1. The SMILES string of the molecule is CCc1ccc(S(=O)(=O)N(C(C)=O)c2ccc3oc(C)c(C(=O)OC)c3c2)cc1. The predicted octanol–water partition coefficient (Wildman–Crippen LogP) is 3.83. The normalized spacial score (nSPS) is 11.4. The molecule has 1 heterocycles. The minimum absolute atomic E-state index is 0.00145. The van der Waals surface area contributed by atoms with Crippen LogP contribution in [0.5, 0.6) is 0 Å². The summed E-state index contributed by atoms with van der Waals surface area (Å²) in [6, 6.07) is 10.8. The highest BCUT2D eigenvalue weighted by Gasteiger charge is 2.30. The fourth-order valence-electron chi connectivity index (χ4n) is 3.18. The van der Waals surface area contributed by atoms with E-state index in [1.807, 2.05) is 6.92 Å². The molecule has 1 amide bonds. The lowest BCUT2D eigenvalue weighted by Crippen LogP contribution is -2.35. The van der Waals surface area contributed by atoms with Gasteiger partial charge >= 0.3 is 5.97 Å². The molecule has 8 heteroatoms. The molecule has 1 aromatic heterocycles. The Kier molecular flexibility index (Phi) is 5.48. The van der Waals surface area contributed by atoms with Crippen LogP contribution in [0.4, 0.5) is 5.69 Å². The largest absolute Gasteiger partial charge is 0.465 e. The molecule has 7 nitrogen and oxygen atoms in total. The molecule has 0 radical (unpaired) electrons. The van der Waals surface area contributed by atoms with Crippen LogP contribution in [0.25, 0.3) is 11.0 Å². The number of rotatable bonds is 5. The van der Waals surface area contributed by atoms with Crippen LogP contribution in [0.3, 0.4) is 0 Å². The van der Waals surface area contributed by atoms with Gasteiger partial charge in [0.05, 0.1) is 17.7 Å². The molecule has 0 N–H and O–H groups in total. The summed E-state index contributed by atoms with van der Waals surface area (Å²) in [7, 11) is -2.90. The second kappa shape index (κ2) is 7.71. The van der Waals surface area contributed by atoms with Crippen molar-refractivity contribution in [3.63, 3.8) is 0 Å². The van der Waals surface area contributed by atoms with Crippen LogP contribution in [-0.4, -0.2) is 27.4 Å². The smallest absolute Gasteiger partial charge is 0.342 e. The van der Waals surface area contributed by atoms with Crippen molar-refractivity contribution in [2.75, 3.05) is 11.4 Å². The van der Waals surface area contributed by atoms with Gasteiger partial charge in [-0.3, -0.25) is 4.79 Å². The predicted molar refractivity (Wildman–Crippen MR) is 108 cm³/mol. The monoisotopic (exact) mass is 415 g/mol. The second-order valence-electron chi connectivity index (χ2n) is 6.49. The first kappa shape index (κ1) is 20.6. The Morgan fingerprint density at radius 2 is 1.76 bits per heavy atom. The van der Waals surface area contributed by atoms with Crippen molar-refractivity contribution in [1.82, 2.24) is 0 Å². The van der Waals surface area contributed by atoms with E-state index in [1.165, 1.54) is 44.4 Å².